The summed E-state index contributed by atoms with van der Waals surface area (Å²) in [5.74, 6) is 0.692. The molecule has 0 aliphatic heterocycles. The van der Waals surface area contributed by atoms with Crippen LogP contribution in [-0.4, -0.2) is 9.97 Å². The second-order valence-electron chi connectivity index (χ2n) is 5.17. The summed E-state index contributed by atoms with van der Waals surface area (Å²) in [6, 6.07) is 9.31. The molecule has 2 aromatic rings. The number of H-pyrrole nitrogens is 1. The Labute approximate surface area is 122 Å². The molecule has 0 bridgehead atoms. The topological polar surface area (TPSA) is 69.5 Å². The van der Waals surface area contributed by atoms with Gasteiger partial charge in [-0.05, 0) is 37.3 Å². The second-order valence-corrected chi connectivity index (χ2v) is 5.17. The third-order valence-electron chi connectivity index (χ3n) is 3.70. The zero-order chi connectivity index (χ0) is 14.7. The Morgan fingerprint density at radius 1 is 1.38 bits per heavy atom. The number of aromatic nitrogens is 2. The Bertz CT molecular complexity index is 824. The summed E-state index contributed by atoms with van der Waals surface area (Å²) < 4.78 is 0. The van der Waals surface area contributed by atoms with E-state index < -0.39 is 0 Å². The molecule has 1 aliphatic carbocycles. The fourth-order valence-corrected chi connectivity index (χ4v) is 2.59. The number of aromatic amines is 1. The summed E-state index contributed by atoms with van der Waals surface area (Å²) in [4.78, 5) is 19.2. The van der Waals surface area contributed by atoms with Crippen LogP contribution in [0, 0.1) is 17.2 Å². The Balaban J connectivity index is 2.05. The van der Waals surface area contributed by atoms with Gasteiger partial charge in [0, 0.05) is 0 Å². The number of hydrogen-bond acceptors (Lipinski definition) is 3. The van der Waals surface area contributed by atoms with E-state index in [4.69, 9.17) is 0 Å². The van der Waals surface area contributed by atoms with Crippen LogP contribution in [0.2, 0.25) is 0 Å². The molecule has 1 unspecified atom stereocenters. The lowest BCUT2D eigenvalue weighted by atomic mass is 9.92. The van der Waals surface area contributed by atoms with Gasteiger partial charge in [0.25, 0.3) is 5.56 Å². The molecule has 4 heteroatoms. The van der Waals surface area contributed by atoms with Crippen molar-refractivity contribution in [1.29, 1.82) is 5.26 Å². The average Bonchev–Trinajstić information content (AvgIpc) is 2.53. The highest BCUT2D eigenvalue weighted by Gasteiger charge is 2.12. The van der Waals surface area contributed by atoms with Gasteiger partial charge in [-0.15, -0.1) is 0 Å². The van der Waals surface area contributed by atoms with Crippen LogP contribution in [0.5, 0.6) is 0 Å². The van der Waals surface area contributed by atoms with Gasteiger partial charge in [0.1, 0.15) is 6.07 Å². The van der Waals surface area contributed by atoms with Crippen molar-refractivity contribution in [2.24, 2.45) is 5.92 Å². The molecule has 0 spiro atoms. The fraction of sp³-hybridized carbons (Fsp3) is 0.235. The highest BCUT2D eigenvalue weighted by molar-refractivity contribution is 5.81. The van der Waals surface area contributed by atoms with Gasteiger partial charge in [-0.3, -0.25) is 4.79 Å². The van der Waals surface area contributed by atoms with Crippen LogP contribution in [0.4, 0.5) is 0 Å². The first-order chi connectivity index (χ1) is 10.3. The van der Waals surface area contributed by atoms with Crippen LogP contribution >= 0.6 is 0 Å². The molecular formula is C17H15N3O. The smallest absolute Gasteiger partial charge is 0.259 e. The molecule has 0 saturated carbocycles. The first-order valence-electron chi connectivity index (χ1n) is 7.04. The van der Waals surface area contributed by atoms with E-state index in [2.05, 4.69) is 28.2 Å². The number of nitrogens with zero attached hydrogens (tertiary/aromatic N) is 2. The van der Waals surface area contributed by atoms with Crippen molar-refractivity contribution in [1.82, 2.24) is 9.97 Å². The van der Waals surface area contributed by atoms with E-state index in [1.165, 1.54) is 0 Å². The molecule has 21 heavy (non-hydrogen) atoms. The van der Waals surface area contributed by atoms with Crippen LogP contribution in [-0.2, 0) is 0 Å². The minimum Gasteiger partial charge on any atom is -0.305 e. The predicted molar refractivity (Wildman–Crippen MR) is 82.4 cm³/mol. The number of nitriles is 1. The third kappa shape index (κ3) is 2.77. The van der Waals surface area contributed by atoms with Crippen molar-refractivity contribution in [2.45, 2.75) is 19.3 Å². The quantitative estimate of drug-likeness (QED) is 0.677. The van der Waals surface area contributed by atoms with Gasteiger partial charge in [0.2, 0.25) is 0 Å². The normalized spacial score (nSPS) is 18.6. The molecule has 1 heterocycles. The highest BCUT2D eigenvalue weighted by Crippen LogP contribution is 2.23. The molecule has 104 valence electrons. The number of nitrogens with one attached hydrogen (secondary N) is 1. The second kappa shape index (κ2) is 5.76. The third-order valence-corrected chi connectivity index (χ3v) is 3.70. The lowest BCUT2D eigenvalue weighted by Crippen LogP contribution is -2.11. The fourth-order valence-electron chi connectivity index (χ4n) is 2.59. The van der Waals surface area contributed by atoms with E-state index in [0.717, 1.165) is 19.3 Å². The molecule has 1 aromatic heterocycles. The maximum atomic E-state index is 12.1. The average molecular weight is 277 g/mol. The van der Waals surface area contributed by atoms with Crippen LogP contribution < -0.4 is 5.56 Å². The van der Waals surface area contributed by atoms with Crippen LogP contribution in [0.1, 0.15) is 25.1 Å². The van der Waals surface area contributed by atoms with Gasteiger partial charge in [-0.1, -0.05) is 30.4 Å². The maximum absolute atomic E-state index is 12.1. The summed E-state index contributed by atoms with van der Waals surface area (Å²) in [6.07, 6.45) is 9.21. The summed E-state index contributed by atoms with van der Waals surface area (Å²) in [5, 5.41) is 9.92. The Morgan fingerprint density at radius 3 is 3.00 bits per heavy atom. The Hall–Kier alpha value is -2.67. The summed E-state index contributed by atoms with van der Waals surface area (Å²) in [5.41, 5.74) is 0.847. The van der Waals surface area contributed by atoms with Gasteiger partial charge in [-0.2, -0.15) is 5.26 Å². The molecule has 0 fully saturated rings. The van der Waals surface area contributed by atoms with E-state index >= 15 is 0 Å². The van der Waals surface area contributed by atoms with Crippen molar-refractivity contribution in [3.8, 4) is 6.07 Å². The van der Waals surface area contributed by atoms with Crippen LogP contribution in [0.25, 0.3) is 16.5 Å². The van der Waals surface area contributed by atoms with E-state index in [0.29, 0.717) is 28.2 Å². The Morgan fingerprint density at radius 2 is 2.24 bits per heavy atom. The molecular weight excluding hydrogens is 262 g/mol. The van der Waals surface area contributed by atoms with E-state index in [1.54, 1.807) is 18.2 Å². The lowest BCUT2D eigenvalue weighted by Gasteiger charge is -2.13. The van der Waals surface area contributed by atoms with Crippen LogP contribution in [0.15, 0.2) is 47.3 Å². The Kier molecular flexibility index (Phi) is 3.65. The molecule has 0 amide bonds. The molecule has 3 rings (SSSR count). The SMILES string of the molecule is N#C/C(=C\C1CC=CCC1)c1nc2ccccc2c(=O)[nH]1. The molecule has 1 atom stereocenters. The van der Waals surface area contributed by atoms with Crippen molar-refractivity contribution < 1.29 is 0 Å². The maximum Gasteiger partial charge on any atom is 0.259 e. The largest absolute Gasteiger partial charge is 0.305 e. The van der Waals surface area contributed by atoms with Crippen molar-refractivity contribution in [2.75, 3.05) is 0 Å². The van der Waals surface area contributed by atoms with Crippen molar-refractivity contribution in [3.63, 3.8) is 0 Å². The predicted octanol–water partition coefficient (Wildman–Crippen LogP) is 3.19. The lowest BCUT2D eigenvalue weighted by molar-refractivity contribution is 0.585. The summed E-state index contributed by atoms with van der Waals surface area (Å²) >= 11 is 0. The molecule has 1 aliphatic rings. The molecule has 0 saturated heterocycles. The van der Waals surface area contributed by atoms with Gasteiger partial charge < -0.3 is 4.98 Å². The van der Waals surface area contributed by atoms with E-state index in [9.17, 15) is 10.1 Å². The standard InChI is InChI=1S/C17H15N3O/c18-11-13(10-12-6-2-1-3-7-12)16-19-15-9-5-4-8-14(15)17(21)20-16/h1-2,4-5,8-10,12H,3,6-7H2,(H,19,20,21)/b13-10+. The van der Waals surface area contributed by atoms with Gasteiger partial charge in [0.05, 0.1) is 16.5 Å². The zero-order valence-electron chi connectivity index (χ0n) is 11.5. The first-order valence-corrected chi connectivity index (χ1v) is 7.04. The monoisotopic (exact) mass is 277 g/mol. The zero-order valence-corrected chi connectivity index (χ0v) is 11.5. The van der Waals surface area contributed by atoms with Gasteiger partial charge >= 0.3 is 0 Å². The molecule has 1 N–H and O–H groups in total. The van der Waals surface area contributed by atoms with Crippen molar-refractivity contribution in [3.05, 3.63) is 58.7 Å². The van der Waals surface area contributed by atoms with Crippen molar-refractivity contribution >= 4 is 16.5 Å². The van der Waals surface area contributed by atoms with Crippen LogP contribution in [0.3, 0.4) is 0 Å². The minimum atomic E-state index is -0.208. The summed E-state index contributed by atoms with van der Waals surface area (Å²) in [6.45, 7) is 0. The number of benzene rings is 1. The van der Waals surface area contributed by atoms with Gasteiger partial charge in [-0.25, -0.2) is 4.98 Å². The summed E-state index contributed by atoms with van der Waals surface area (Å²) in [7, 11) is 0. The van der Waals surface area contributed by atoms with E-state index in [1.807, 2.05) is 12.1 Å². The highest BCUT2D eigenvalue weighted by atomic mass is 16.1. The van der Waals surface area contributed by atoms with Gasteiger partial charge in [0.15, 0.2) is 5.82 Å². The number of allylic oxidation sites excluding steroid dienone is 4. The number of hydrogen-bond donors (Lipinski definition) is 1. The number of rotatable bonds is 2. The number of fused-ring (bicyclic) bond motifs is 1. The van der Waals surface area contributed by atoms with E-state index in [-0.39, 0.29) is 5.56 Å². The molecule has 1 aromatic carbocycles. The molecule has 0 radical (unpaired) electrons. The first kappa shape index (κ1) is 13.3. The number of para-hydroxylation sites is 1. The molecule has 4 nitrogen and oxygen atoms in total. The minimum absolute atomic E-state index is 0.208.